The minimum atomic E-state index is -3.17. The first-order valence-corrected chi connectivity index (χ1v) is 12.4. The van der Waals surface area contributed by atoms with Crippen LogP contribution in [0.15, 0.2) is 24.5 Å². The number of rotatable bonds is 6. The molecule has 31 heavy (non-hydrogen) atoms. The molecule has 4 heterocycles. The monoisotopic (exact) mass is 447 g/mol. The summed E-state index contributed by atoms with van der Waals surface area (Å²) in [5, 5.41) is 6.68. The average molecular weight is 448 g/mol. The second-order valence-electron chi connectivity index (χ2n) is 8.87. The second kappa shape index (κ2) is 8.58. The van der Waals surface area contributed by atoms with E-state index in [1.807, 2.05) is 32.2 Å². The van der Waals surface area contributed by atoms with E-state index in [4.69, 9.17) is 0 Å². The maximum absolute atomic E-state index is 12.5. The summed E-state index contributed by atoms with van der Waals surface area (Å²) in [5.41, 5.74) is 2.63. The van der Waals surface area contributed by atoms with Crippen LogP contribution in [-0.2, 0) is 21.2 Å². The Morgan fingerprint density at radius 3 is 2.61 bits per heavy atom. The summed E-state index contributed by atoms with van der Waals surface area (Å²) in [6, 6.07) is 3.63. The van der Waals surface area contributed by atoms with E-state index in [-0.39, 0.29) is 24.0 Å². The molecule has 2 saturated heterocycles. The lowest BCUT2D eigenvalue weighted by Gasteiger charge is -2.31. The first-order valence-electron chi connectivity index (χ1n) is 10.8. The van der Waals surface area contributed by atoms with Gasteiger partial charge >= 0.3 is 6.03 Å². The van der Waals surface area contributed by atoms with Gasteiger partial charge in [0, 0.05) is 32.3 Å². The molecule has 0 atom stereocenters. The van der Waals surface area contributed by atoms with Gasteiger partial charge in [0.05, 0.1) is 23.2 Å². The number of urea groups is 1. The van der Waals surface area contributed by atoms with Crippen LogP contribution in [0.5, 0.6) is 0 Å². The number of fused-ring (bicyclic) bond motifs is 1. The zero-order valence-corrected chi connectivity index (χ0v) is 18.8. The molecule has 2 aromatic heterocycles. The van der Waals surface area contributed by atoms with Gasteiger partial charge in [0.25, 0.3) is 0 Å². The minimum Gasteiger partial charge on any atom is -0.290 e. The molecule has 2 aliphatic rings. The molecule has 10 heteroatoms. The van der Waals surface area contributed by atoms with Crippen molar-refractivity contribution in [2.24, 2.45) is 11.8 Å². The van der Waals surface area contributed by atoms with Crippen LogP contribution in [0.3, 0.4) is 0 Å². The van der Waals surface area contributed by atoms with E-state index in [9.17, 15) is 18.0 Å². The fraction of sp³-hybridized carbons (Fsp3) is 0.571. The molecule has 4 rings (SSSR count). The van der Waals surface area contributed by atoms with Crippen molar-refractivity contribution in [1.82, 2.24) is 19.2 Å². The SMILES string of the molecule is CC(C)CS(=O)(=O)N1CCC(Cc2ccn3ncc(N4CCC(=O)NC4=O)c3c2)CC1. The van der Waals surface area contributed by atoms with Crippen LogP contribution in [0, 0.1) is 11.8 Å². The molecule has 0 radical (unpaired) electrons. The highest BCUT2D eigenvalue weighted by atomic mass is 32.2. The van der Waals surface area contributed by atoms with Crippen LogP contribution in [0.2, 0.25) is 0 Å². The van der Waals surface area contributed by atoms with Gasteiger partial charge in [0.1, 0.15) is 0 Å². The third kappa shape index (κ3) is 4.74. The number of carbonyl (C=O) groups excluding carboxylic acids is 2. The van der Waals surface area contributed by atoms with E-state index in [1.54, 1.807) is 19.9 Å². The van der Waals surface area contributed by atoms with E-state index in [2.05, 4.69) is 10.4 Å². The van der Waals surface area contributed by atoms with E-state index in [1.165, 1.54) is 0 Å². The summed E-state index contributed by atoms with van der Waals surface area (Å²) >= 11 is 0. The number of carbonyl (C=O) groups is 2. The molecule has 0 unspecified atom stereocenters. The first kappa shape index (κ1) is 21.8. The molecule has 2 fully saturated rings. The summed E-state index contributed by atoms with van der Waals surface area (Å²) in [4.78, 5) is 25.2. The Hall–Kier alpha value is -2.46. The topological polar surface area (TPSA) is 104 Å². The predicted octanol–water partition coefficient (Wildman–Crippen LogP) is 2.02. The van der Waals surface area contributed by atoms with Crippen LogP contribution in [0.1, 0.15) is 38.7 Å². The highest BCUT2D eigenvalue weighted by Gasteiger charge is 2.29. The molecule has 9 nitrogen and oxygen atoms in total. The molecule has 0 bridgehead atoms. The van der Waals surface area contributed by atoms with Gasteiger partial charge in [-0.1, -0.05) is 13.8 Å². The number of nitrogens with zero attached hydrogens (tertiary/aromatic N) is 4. The van der Waals surface area contributed by atoms with Gasteiger partial charge in [-0.25, -0.2) is 22.0 Å². The third-order valence-electron chi connectivity index (χ3n) is 5.95. The van der Waals surface area contributed by atoms with Crippen molar-refractivity contribution in [3.8, 4) is 0 Å². The maximum atomic E-state index is 12.5. The summed E-state index contributed by atoms with van der Waals surface area (Å²) in [6.07, 6.45) is 6.32. The number of hydrogen-bond donors (Lipinski definition) is 1. The fourth-order valence-corrected chi connectivity index (χ4v) is 6.21. The van der Waals surface area contributed by atoms with Crippen molar-refractivity contribution in [3.63, 3.8) is 0 Å². The molecule has 168 valence electrons. The van der Waals surface area contributed by atoms with E-state index in [0.717, 1.165) is 30.3 Å². The lowest BCUT2D eigenvalue weighted by Crippen LogP contribution is -2.49. The molecule has 0 spiro atoms. The van der Waals surface area contributed by atoms with E-state index >= 15 is 0 Å². The Kier molecular flexibility index (Phi) is 6.02. The van der Waals surface area contributed by atoms with Crippen molar-refractivity contribution in [2.75, 3.05) is 30.3 Å². The number of sulfonamides is 1. The van der Waals surface area contributed by atoms with E-state index in [0.29, 0.717) is 31.2 Å². The second-order valence-corrected chi connectivity index (χ2v) is 10.9. The Morgan fingerprint density at radius 2 is 1.94 bits per heavy atom. The maximum Gasteiger partial charge on any atom is 0.328 e. The van der Waals surface area contributed by atoms with Crippen LogP contribution < -0.4 is 10.2 Å². The van der Waals surface area contributed by atoms with Gasteiger partial charge in [-0.15, -0.1) is 0 Å². The fourth-order valence-electron chi connectivity index (χ4n) is 4.39. The zero-order valence-electron chi connectivity index (χ0n) is 18.0. The summed E-state index contributed by atoms with van der Waals surface area (Å²) in [6.45, 7) is 5.33. The zero-order chi connectivity index (χ0) is 22.2. The molecule has 0 aliphatic carbocycles. The van der Waals surface area contributed by atoms with Gasteiger partial charge in [-0.05, 0) is 48.8 Å². The predicted molar refractivity (Wildman–Crippen MR) is 117 cm³/mol. The molecule has 0 aromatic carbocycles. The quantitative estimate of drug-likeness (QED) is 0.730. The Bertz CT molecular complexity index is 1090. The summed E-state index contributed by atoms with van der Waals surface area (Å²) in [5.74, 6) is 0.475. The number of piperidine rings is 1. The number of nitrogens with one attached hydrogen (secondary N) is 1. The Balaban J connectivity index is 1.44. The van der Waals surface area contributed by atoms with Crippen LogP contribution in [0.4, 0.5) is 10.5 Å². The van der Waals surface area contributed by atoms with Gasteiger partial charge in [-0.3, -0.25) is 15.0 Å². The van der Waals surface area contributed by atoms with Crippen molar-refractivity contribution in [2.45, 2.75) is 39.5 Å². The molecule has 2 aromatic rings. The Morgan fingerprint density at radius 1 is 1.19 bits per heavy atom. The van der Waals surface area contributed by atoms with Gasteiger partial charge in [-0.2, -0.15) is 5.10 Å². The normalized spacial score (nSPS) is 19.4. The first-order chi connectivity index (χ1) is 14.7. The number of hydrogen-bond acceptors (Lipinski definition) is 5. The standard InChI is InChI=1S/C21H29N5O4S/c1-15(2)14-31(29,30)24-7-3-16(4-8-24)11-17-5-10-26-18(12-17)19(13-22-26)25-9-6-20(27)23-21(25)28/h5,10,12-13,15-16H,3-4,6-9,11,14H2,1-2H3,(H,23,27,28). The number of anilines is 1. The molecule has 3 amide bonds. The molecular weight excluding hydrogens is 418 g/mol. The molecule has 1 N–H and O–H groups in total. The number of pyridine rings is 1. The largest absolute Gasteiger partial charge is 0.328 e. The highest BCUT2D eigenvalue weighted by Crippen LogP contribution is 2.28. The van der Waals surface area contributed by atoms with Crippen molar-refractivity contribution in [1.29, 1.82) is 0 Å². The average Bonchev–Trinajstić information content (AvgIpc) is 3.10. The minimum absolute atomic E-state index is 0.124. The number of aromatic nitrogens is 2. The smallest absolute Gasteiger partial charge is 0.290 e. The lowest BCUT2D eigenvalue weighted by atomic mass is 9.91. The van der Waals surface area contributed by atoms with Crippen LogP contribution in [-0.4, -0.2) is 59.7 Å². The van der Waals surface area contributed by atoms with Gasteiger partial charge in [0.15, 0.2) is 0 Å². The summed E-state index contributed by atoms with van der Waals surface area (Å²) < 4.78 is 28.3. The van der Waals surface area contributed by atoms with Crippen molar-refractivity contribution < 1.29 is 18.0 Å². The van der Waals surface area contributed by atoms with Gasteiger partial charge < -0.3 is 0 Å². The lowest BCUT2D eigenvalue weighted by molar-refractivity contribution is -0.120. The molecule has 2 aliphatic heterocycles. The van der Waals surface area contributed by atoms with E-state index < -0.39 is 16.1 Å². The highest BCUT2D eigenvalue weighted by molar-refractivity contribution is 7.89. The van der Waals surface area contributed by atoms with Gasteiger partial charge in [0.2, 0.25) is 15.9 Å². The molecular formula is C21H29N5O4S. The van der Waals surface area contributed by atoms with Crippen LogP contribution in [0.25, 0.3) is 5.52 Å². The third-order valence-corrected chi connectivity index (χ3v) is 8.19. The Labute approximate surface area is 182 Å². The van der Waals surface area contributed by atoms with Crippen molar-refractivity contribution >= 4 is 33.2 Å². The summed E-state index contributed by atoms with van der Waals surface area (Å²) in [7, 11) is -3.17. The number of imide groups is 1. The van der Waals surface area contributed by atoms with Crippen LogP contribution >= 0.6 is 0 Å². The van der Waals surface area contributed by atoms with Crippen molar-refractivity contribution in [3.05, 3.63) is 30.1 Å². The number of amides is 3. The molecule has 0 saturated carbocycles.